The van der Waals surface area contributed by atoms with Gasteiger partial charge in [0.2, 0.25) is 10.0 Å². The average Bonchev–Trinajstić information content (AvgIpc) is 2.34. The highest BCUT2D eigenvalue weighted by molar-refractivity contribution is 7.89. The van der Waals surface area contributed by atoms with E-state index in [9.17, 15) is 13.2 Å². The van der Waals surface area contributed by atoms with Crippen molar-refractivity contribution < 1.29 is 13.2 Å². The fourth-order valence-corrected chi connectivity index (χ4v) is 2.64. The Hall–Kier alpha value is -1.11. The van der Waals surface area contributed by atoms with Crippen molar-refractivity contribution in [2.45, 2.75) is 24.7 Å². The number of amides is 1. The van der Waals surface area contributed by atoms with Gasteiger partial charge in [-0.05, 0) is 24.6 Å². The first-order valence-corrected chi connectivity index (χ1v) is 7.77. The van der Waals surface area contributed by atoms with E-state index in [1.54, 1.807) is 11.9 Å². The Bertz CT molecular complexity index is 572. The van der Waals surface area contributed by atoms with Gasteiger partial charge in [0, 0.05) is 19.2 Å². The van der Waals surface area contributed by atoms with Gasteiger partial charge in [0.15, 0.2) is 0 Å². The molecule has 1 amide bonds. The Morgan fingerprint density at radius 3 is 2.58 bits per heavy atom. The van der Waals surface area contributed by atoms with E-state index in [4.69, 9.17) is 16.7 Å². The number of carbonyl (C=O) groups excluding carboxylic acids is 1. The molecule has 0 aliphatic carbocycles. The zero-order chi connectivity index (χ0) is 14.6. The Labute approximate surface area is 118 Å². The lowest BCUT2D eigenvalue weighted by atomic mass is 10.2. The SMILES string of the molecule is CCCCN(C)C(=O)c1ccc(Cl)c(S(N)(=O)=O)c1. The van der Waals surface area contributed by atoms with Crippen LogP contribution in [0.3, 0.4) is 0 Å². The first kappa shape index (κ1) is 15.9. The number of unbranched alkanes of at least 4 members (excludes halogenated alkanes) is 1. The summed E-state index contributed by atoms with van der Waals surface area (Å²) in [5, 5.41) is 5.06. The highest BCUT2D eigenvalue weighted by atomic mass is 35.5. The van der Waals surface area contributed by atoms with Crippen LogP contribution in [0.2, 0.25) is 5.02 Å². The van der Waals surface area contributed by atoms with Gasteiger partial charge in [0.25, 0.3) is 5.91 Å². The van der Waals surface area contributed by atoms with Gasteiger partial charge in [-0.3, -0.25) is 4.79 Å². The van der Waals surface area contributed by atoms with Crippen LogP contribution in [0.4, 0.5) is 0 Å². The number of hydrogen-bond acceptors (Lipinski definition) is 3. The van der Waals surface area contributed by atoms with E-state index in [0.717, 1.165) is 12.8 Å². The lowest BCUT2D eigenvalue weighted by Gasteiger charge is -2.17. The summed E-state index contributed by atoms with van der Waals surface area (Å²) < 4.78 is 22.7. The lowest BCUT2D eigenvalue weighted by molar-refractivity contribution is 0.0793. The molecule has 106 valence electrons. The molecule has 1 aromatic rings. The maximum atomic E-state index is 12.1. The van der Waals surface area contributed by atoms with Gasteiger partial charge < -0.3 is 4.90 Å². The van der Waals surface area contributed by atoms with Crippen LogP contribution in [0, 0.1) is 0 Å². The van der Waals surface area contributed by atoms with Gasteiger partial charge in [-0.25, -0.2) is 13.6 Å². The number of sulfonamides is 1. The molecule has 0 bridgehead atoms. The lowest BCUT2D eigenvalue weighted by Crippen LogP contribution is -2.28. The number of nitrogens with two attached hydrogens (primary N) is 1. The minimum Gasteiger partial charge on any atom is -0.342 e. The third kappa shape index (κ3) is 4.19. The van der Waals surface area contributed by atoms with Crippen molar-refractivity contribution in [3.05, 3.63) is 28.8 Å². The molecule has 1 aromatic carbocycles. The minimum atomic E-state index is -3.93. The second-order valence-corrected chi connectivity index (χ2v) is 6.21. The summed E-state index contributed by atoms with van der Waals surface area (Å²) >= 11 is 5.76. The molecule has 5 nitrogen and oxygen atoms in total. The fourth-order valence-electron chi connectivity index (χ4n) is 1.57. The summed E-state index contributed by atoms with van der Waals surface area (Å²) in [7, 11) is -2.26. The van der Waals surface area contributed by atoms with Crippen molar-refractivity contribution in [1.29, 1.82) is 0 Å². The maximum Gasteiger partial charge on any atom is 0.253 e. The number of hydrogen-bond donors (Lipinski definition) is 1. The molecule has 0 unspecified atom stereocenters. The Morgan fingerprint density at radius 1 is 1.42 bits per heavy atom. The molecule has 0 aliphatic rings. The zero-order valence-electron chi connectivity index (χ0n) is 10.9. The van der Waals surface area contributed by atoms with Crippen LogP contribution in [0.5, 0.6) is 0 Å². The maximum absolute atomic E-state index is 12.1. The van der Waals surface area contributed by atoms with Gasteiger partial charge in [0.05, 0.1) is 5.02 Å². The Morgan fingerprint density at radius 2 is 2.05 bits per heavy atom. The summed E-state index contributed by atoms with van der Waals surface area (Å²) in [6.07, 6.45) is 1.86. The van der Waals surface area contributed by atoms with Gasteiger partial charge in [-0.2, -0.15) is 0 Å². The average molecular weight is 305 g/mol. The first-order valence-electron chi connectivity index (χ1n) is 5.85. The molecule has 19 heavy (non-hydrogen) atoms. The highest BCUT2D eigenvalue weighted by Crippen LogP contribution is 2.22. The van der Waals surface area contributed by atoms with Gasteiger partial charge in [-0.1, -0.05) is 24.9 Å². The number of carbonyl (C=O) groups is 1. The van der Waals surface area contributed by atoms with E-state index in [1.807, 2.05) is 6.92 Å². The topological polar surface area (TPSA) is 80.5 Å². The van der Waals surface area contributed by atoms with Gasteiger partial charge in [-0.15, -0.1) is 0 Å². The van der Waals surface area contributed by atoms with Crippen LogP contribution < -0.4 is 5.14 Å². The summed E-state index contributed by atoms with van der Waals surface area (Å²) in [5.74, 6) is -0.255. The predicted octanol–water partition coefficient (Wildman–Crippen LogP) is 1.86. The number of benzene rings is 1. The second-order valence-electron chi connectivity index (χ2n) is 4.27. The number of halogens is 1. The fraction of sp³-hybridized carbons (Fsp3) is 0.417. The highest BCUT2D eigenvalue weighted by Gasteiger charge is 2.18. The summed E-state index contributed by atoms with van der Waals surface area (Å²) in [6, 6.07) is 4.06. The van der Waals surface area contributed by atoms with Crippen LogP contribution in [0.25, 0.3) is 0 Å². The molecule has 0 atom stereocenters. The third-order valence-corrected chi connectivity index (χ3v) is 4.07. The molecule has 2 N–H and O–H groups in total. The van der Waals surface area contributed by atoms with Crippen molar-refractivity contribution in [2.75, 3.05) is 13.6 Å². The first-order chi connectivity index (χ1) is 8.77. The van der Waals surface area contributed by atoms with Crippen LogP contribution in [-0.2, 0) is 10.0 Å². The van der Waals surface area contributed by atoms with E-state index in [0.29, 0.717) is 6.54 Å². The Kier molecular flexibility index (Phi) is 5.34. The van der Waals surface area contributed by atoms with Crippen LogP contribution in [0.15, 0.2) is 23.1 Å². The van der Waals surface area contributed by atoms with Gasteiger partial charge in [0.1, 0.15) is 4.90 Å². The van der Waals surface area contributed by atoms with Crippen molar-refractivity contribution in [1.82, 2.24) is 4.90 Å². The van der Waals surface area contributed by atoms with E-state index in [-0.39, 0.29) is 21.4 Å². The van der Waals surface area contributed by atoms with Crippen molar-refractivity contribution in [3.63, 3.8) is 0 Å². The molecule has 0 aromatic heterocycles. The second kappa shape index (κ2) is 6.36. The monoisotopic (exact) mass is 304 g/mol. The van der Waals surface area contributed by atoms with E-state index >= 15 is 0 Å². The Balaban J connectivity index is 3.06. The number of rotatable bonds is 5. The molecule has 7 heteroatoms. The van der Waals surface area contributed by atoms with Crippen molar-refractivity contribution >= 4 is 27.5 Å². The molecule has 0 fully saturated rings. The predicted molar refractivity (Wildman–Crippen MR) is 74.7 cm³/mol. The molecular formula is C12H17ClN2O3S. The van der Waals surface area contributed by atoms with Crippen LogP contribution in [-0.4, -0.2) is 32.8 Å². The number of primary sulfonamides is 1. The third-order valence-electron chi connectivity index (χ3n) is 2.68. The van der Waals surface area contributed by atoms with E-state index in [2.05, 4.69) is 0 Å². The molecule has 0 heterocycles. The smallest absolute Gasteiger partial charge is 0.253 e. The van der Waals surface area contributed by atoms with Gasteiger partial charge >= 0.3 is 0 Å². The molecule has 1 rings (SSSR count). The molecule has 0 saturated carbocycles. The minimum absolute atomic E-state index is 0.00950. The van der Waals surface area contributed by atoms with E-state index in [1.165, 1.54) is 18.2 Å². The molecule has 0 saturated heterocycles. The normalized spacial score (nSPS) is 11.4. The summed E-state index contributed by atoms with van der Waals surface area (Å²) in [6.45, 7) is 2.64. The molecule has 0 aliphatic heterocycles. The summed E-state index contributed by atoms with van der Waals surface area (Å²) in [4.78, 5) is 13.4. The van der Waals surface area contributed by atoms with Crippen molar-refractivity contribution in [3.8, 4) is 0 Å². The molecular weight excluding hydrogens is 288 g/mol. The quantitative estimate of drug-likeness (QED) is 0.901. The van der Waals surface area contributed by atoms with Crippen molar-refractivity contribution in [2.24, 2.45) is 5.14 Å². The number of nitrogens with zero attached hydrogens (tertiary/aromatic N) is 1. The zero-order valence-corrected chi connectivity index (χ0v) is 12.5. The van der Waals surface area contributed by atoms with E-state index < -0.39 is 10.0 Å². The molecule has 0 radical (unpaired) electrons. The largest absolute Gasteiger partial charge is 0.342 e. The molecule has 0 spiro atoms. The van der Waals surface area contributed by atoms with Crippen LogP contribution in [0.1, 0.15) is 30.1 Å². The summed E-state index contributed by atoms with van der Waals surface area (Å²) in [5.41, 5.74) is 0.257. The van der Waals surface area contributed by atoms with Crippen LogP contribution >= 0.6 is 11.6 Å². The standard InChI is InChI=1S/C12H17ClN2O3S/c1-3-4-7-15(2)12(16)9-5-6-10(13)11(8-9)19(14,17)18/h5-6,8H,3-4,7H2,1-2H3,(H2,14,17,18).